The average molecular weight is 319 g/mol. The molecule has 0 aliphatic heterocycles. The number of para-hydroxylation sites is 1. The molecule has 0 N–H and O–H groups in total. The number of hydrogen-bond acceptors (Lipinski definition) is 2. The predicted molar refractivity (Wildman–Crippen MR) is 104 cm³/mol. The van der Waals surface area contributed by atoms with E-state index in [4.69, 9.17) is 4.42 Å². The molecule has 2 heterocycles. The van der Waals surface area contributed by atoms with Crippen LogP contribution in [0, 0.1) is 0 Å². The summed E-state index contributed by atoms with van der Waals surface area (Å²) in [6, 6.07) is 25.2. The van der Waals surface area contributed by atoms with Crippen LogP contribution < -0.4 is 0 Å². The van der Waals surface area contributed by atoms with Gasteiger partial charge in [0, 0.05) is 33.1 Å². The lowest BCUT2D eigenvalue weighted by Gasteiger charge is -2.09. The summed E-state index contributed by atoms with van der Waals surface area (Å²) in [5, 5.41) is 8.21. The molecule has 4 aromatic carbocycles. The maximum absolute atomic E-state index is 6.29. The highest BCUT2D eigenvalue weighted by Crippen LogP contribution is 2.40. The van der Waals surface area contributed by atoms with Crippen LogP contribution in [0.1, 0.15) is 0 Å². The third-order valence-electron chi connectivity index (χ3n) is 5.10. The van der Waals surface area contributed by atoms with Gasteiger partial charge in [-0.15, -0.1) is 0 Å². The summed E-state index contributed by atoms with van der Waals surface area (Å²) in [6.45, 7) is 0. The van der Waals surface area contributed by atoms with Crippen molar-refractivity contribution in [1.29, 1.82) is 0 Å². The predicted octanol–water partition coefficient (Wildman–Crippen LogP) is 6.44. The molecule has 116 valence electrons. The molecule has 2 aromatic heterocycles. The largest absolute Gasteiger partial charge is 0.455 e. The van der Waals surface area contributed by atoms with Crippen LogP contribution in [0.3, 0.4) is 0 Å². The molecule has 0 saturated heterocycles. The van der Waals surface area contributed by atoms with Gasteiger partial charge in [0.1, 0.15) is 11.2 Å². The van der Waals surface area contributed by atoms with Crippen molar-refractivity contribution in [2.75, 3.05) is 0 Å². The van der Waals surface area contributed by atoms with Gasteiger partial charge in [0.05, 0.1) is 5.52 Å². The first-order valence-corrected chi connectivity index (χ1v) is 8.41. The standard InChI is InChI=1S/C23H13NO/c1-2-8-17-14(6-1)16-11-12-18-15-7-3-4-10-20(15)25-23(18)21(16)19-9-5-13-24-22(17)19/h1-13H. The van der Waals surface area contributed by atoms with Crippen LogP contribution in [0.4, 0.5) is 0 Å². The van der Waals surface area contributed by atoms with Crippen molar-refractivity contribution >= 4 is 54.4 Å². The highest BCUT2D eigenvalue weighted by molar-refractivity contribution is 6.31. The molecule has 0 amide bonds. The van der Waals surface area contributed by atoms with Crippen LogP contribution in [0.2, 0.25) is 0 Å². The second-order valence-electron chi connectivity index (χ2n) is 6.41. The molecule has 0 unspecified atom stereocenters. The van der Waals surface area contributed by atoms with Gasteiger partial charge < -0.3 is 4.42 Å². The molecule has 0 spiro atoms. The minimum Gasteiger partial charge on any atom is -0.455 e. The Morgan fingerprint density at radius 3 is 2.20 bits per heavy atom. The van der Waals surface area contributed by atoms with Gasteiger partial charge in [0.2, 0.25) is 0 Å². The van der Waals surface area contributed by atoms with Crippen LogP contribution in [0.15, 0.2) is 83.4 Å². The lowest BCUT2D eigenvalue weighted by atomic mass is 9.95. The van der Waals surface area contributed by atoms with Crippen LogP contribution in [-0.2, 0) is 0 Å². The summed E-state index contributed by atoms with van der Waals surface area (Å²) in [4.78, 5) is 4.68. The number of aromatic nitrogens is 1. The number of rotatable bonds is 0. The topological polar surface area (TPSA) is 26.0 Å². The quantitative estimate of drug-likeness (QED) is 0.301. The van der Waals surface area contributed by atoms with E-state index >= 15 is 0 Å². The number of hydrogen-bond donors (Lipinski definition) is 0. The van der Waals surface area contributed by atoms with Crippen molar-refractivity contribution in [3.8, 4) is 0 Å². The van der Waals surface area contributed by atoms with Crippen LogP contribution in [-0.4, -0.2) is 4.98 Å². The van der Waals surface area contributed by atoms with E-state index in [0.29, 0.717) is 0 Å². The maximum atomic E-state index is 6.29. The molecule has 6 aromatic rings. The van der Waals surface area contributed by atoms with E-state index in [9.17, 15) is 0 Å². The van der Waals surface area contributed by atoms with Crippen molar-refractivity contribution < 1.29 is 4.42 Å². The van der Waals surface area contributed by atoms with Crippen molar-refractivity contribution in [2.24, 2.45) is 0 Å². The Kier molecular flexibility index (Phi) is 2.37. The molecule has 0 aliphatic carbocycles. The first-order valence-electron chi connectivity index (χ1n) is 8.41. The van der Waals surface area contributed by atoms with Crippen LogP contribution in [0.25, 0.3) is 54.4 Å². The van der Waals surface area contributed by atoms with Gasteiger partial charge in [-0.1, -0.05) is 54.6 Å². The number of fused-ring (bicyclic) bond motifs is 10. The summed E-state index contributed by atoms with van der Waals surface area (Å²) in [5.74, 6) is 0. The van der Waals surface area contributed by atoms with Crippen molar-refractivity contribution in [3.63, 3.8) is 0 Å². The lowest BCUT2D eigenvalue weighted by Crippen LogP contribution is -1.85. The zero-order valence-electron chi connectivity index (χ0n) is 13.4. The van der Waals surface area contributed by atoms with Gasteiger partial charge in [-0.3, -0.25) is 4.98 Å². The fraction of sp³-hybridized carbons (Fsp3) is 0. The molecule has 25 heavy (non-hydrogen) atoms. The minimum absolute atomic E-state index is 0.926. The van der Waals surface area contributed by atoms with E-state index < -0.39 is 0 Å². The van der Waals surface area contributed by atoms with E-state index in [1.165, 1.54) is 16.2 Å². The zero-order valence-corrected chi connectivity index (χ0v) is 13.4. The number of furan rings is 1. The van der Waals surface area contributed by atoms with Gasteiger partial charge >= 0.3 is 0 Å². The van der Waals surface area contributed by atoms with E-state index in [0.717, 1.165) is 38.2 Å². The molecule has 0 radical (unpaired) electrons. The smallest absolute Gasteiger partial charge is 0.143 e. The van der Waals surface area contributed by atoms with Crippen molar-refractivity contribution in [2.45, 2.75) is 0 Å². The highest BCUT2D eigenvalue weighted by atomic mass is 16.3. The SMILES string of the molecule is c1ccc2c(c1)oc1c2ccc2c3ccccc3c3ncccc3c21. The van der Waals surface area contributed by atoms with Gasteiger partial charge in [-0.25, -0.2) is 0 Å². The molecular weight excluding hydrogens is 306 g/mol. The average Bonchev–Trinajstić information content (AvgIpc) is 3.06. The number of benzene rings is 4. The summed E-state index contributed by atoms with van der Waals surface area (Å²) < 4.78 is 6.29. The molecule has 0 bridgehead atoms. The Morgan fingerprint density at radius 2 is 1.28 bits per heavy atom. The fourth-order valence-electron chi connectivity index (χ4n) is 4.03. The third kappa shape index (κ3) is 1.61. The van der Waals surface area contributed by atoms with Gasteiger partial charge in [-0.05, 0) is 29.0 Å². The van der Waals surface area contributed by atoms with E-state index in [2.05, 4.69) is 59.6 Å². The zero-order chi connectivity index (χ0) is 16.4. The van der Waals surface area contributed by atoms with E-state index in [1.54, 1.807) is 0 Å². The highest BCUT2D eigenvalue weighted by Gasteiger charge is 2.15. The summed E-state index contributed by atoms with van der Waals surface area (Å²) >= 11 is 0. The van der Waals surface area contributed by atoms with Crippen LogP contribution >= 0.6 is 0 Å². The molecule has 2 heteroatoms. The molecule has 0 fully saturated rings. The number of pyridine rings is 1. The maximum Gasteiger partial charge on any atom is 0.143 e. The first kappa shape index (κ1) is 13.0. The van der Waals surface area contributed by atoms with E-state index in [-0.39, 0.29) is 0 Å². The van der Waals surface area contributed by atoms with Gasteiger partial charge in [-0.2, -0.15) is 0 Å². The van der Waals surface area contributed by atoms with Gasteiger partial charge in [0.25, 0.3) is 0 Å². The summed E-state index contributed by atoms with van der Waals surface area (Å²) in [5.41, 5.74) is 2.90. The van der Waals surface area contributed by atoms with Crippen molar-refractivity contribution in [1.82, 2.24) is 4.98 Å². The van der Waals surface area contributed by atoms with E-state index in [1.807, 2.05) is 24.4 Å². The molecule has 2 nitrogen and oxygen atoms in total. The minimum atomic E-state index is 0.926. The Balaban J connectivity index is 2.02. The molecule has 0 atom stereocenters. The molecular formula is C23H13NO. The molecule has 6 rings (SSSR count). The fourth-order valence-corrected chi connectivity index (χ4v) is 4.03. The second-order valence-corrected chi connectivity index (χ2v) is 6.41. The number of nitrogens with zero attached hydrogens (tertiary/aromatic N) is 1. The lowest BCUT2D eigenvalue weighted by molar-refractivity contribution is 0.673. The normalized spacial score (nSPS) is 12.0. The Bertz CT molecular complexity index is 1410. The Hall–Kier alpha value is -3.39. The monoisotopic (exact) mass is 319 g/mol. The summed E-state index contributed by atoms with van der Waals surface area (Å²) in [7, 11) is 0. The first-order chi connectivity index (χ1) is 12.4. The third-order valence-corrected chi connectivity index (χ3v) is 5.10. The Labute approximate surface area is 143 Å². The second kappa shape index (κ2) is 4.58. The molecule has 0 saturated carbocycles. The van der Waals surface area contributed by atoms with Crippen molar-refractivity contribution in [3.05, 3.63) is 79.0 Å². The van der Waals surface area contributed by atoms with Crippen LogP contribution in [0.5, 0.6) is 0 Å². The Morgan fingerprint density at radius 1 is 0.560 bits per heavy atom. The molecule has 0 aliphatic rings. The van der Waals surface area contributed by atoms with Gasteiger partial charge in [0.15, 0.2) is 0 Å². The summed E-state index contributed by atoms with van der Waals surface area (Å²) in [6.07, 6.45) is 1.86.